The molecule has 1 aliphatic heterocycles. The van der Waals surface area contributed by atoms with E-state index in [4.69, 9.17) is 9.47 Å². The average Bonchev–Trinajstić information content (AvgIpc) is 2.43. The van der Waals surface area contributed by atoms with Gasteiger partial charge in [0, 0.05) is 0 Å². The molecule has 5 heteroatoms. The van der Waals surface area contributed by atoms with Gasteiger partial charge in [-0.15, -0.1) is 0 Å². The molecular formula is C14H19NO4. The molecule has 0 aliphatic carbocycles. The lowest BCUT2D eigenvalue weighted by atomic mass is 10.0. The molecule has 2 rings (SSSR count). The van der Waals surface area contributed by atoms with E-state index in [1.54, 1.807) is 18.2 Å². The van der Waals surface area contributed by atoms with E-state index >= 15 is 0 Å². The Morgan fingerprint density at radius 3 is 2.79 bits per heavy atom. The van der Waals surface area contributed by atoms with Gasteiger partial charge < -0.3 is 19.9 Å². The summed E-state index contributed by atoms with van der Waals surface area (Å²) in [6, 6.07) is 4.95. The first-order valence-corrected chi connectivity index (χ1v) is 6.43. The lowest BCUT2D eigenvalue weighted by molar-refractivity contribution is 0.0886. The van der Waals surface area contributed by atoms with Crippen molar-refractivity contribution in [2.45, 2.75) is 19.9 Å². The van der Waals surface area contributed by atoms with Crippen molar-refractivity contribution >= 4 is 5.91 Å². The van der Waals surface area contributed by atoms with Gasteiger partial charge in [-0.1, -0.05) is 19.9 Å². The number of carbonyl (C=O) groups excluding carboxylic acids is 1. The summed E-state index contributed by atoms with van der Waals surface area (Å²) in [6.07, 6.45) is 0. The molecule has 0 spiro atoms. The molecule has 1 heterocycles. The van der Waals surface area contributed by atoms with Gasteiger partial charge in [0.1, 0.15) is 13.2 Å². The third kappa shape index (κ3) is 2.98. The van der Waals surface area contributed by atoms with Crippen molar-refractivity contribution in [1.82, 2.24) is 5.32 Å². The monoisotopic (exact) mass is 265 g/mol. The van der Waals surface area contributed by atoms with Crippen molar-refractivity contribution in [2.75, 3.05) is 19.8 Å². The van der Waals surface area contributed by atoms with Crippen LogP contribution >= 0.6 is 0 Å². The molecule has 1 aliphatic rings. The van der Waals surface area contributed by atoms with Gasteiger partial charge in [0.25, 0.3) is 5.91 Å². The standard InChI is InChI=1S/C14H19NO4/c1-9(2)11(8-16)15-14(17)10-4-3-5-12-13(10)19-7-6-18-12/h3-5,9,11,16H,6-8H2,1-2H3,(H,15,17). The van der Waals surface area contributed by atoms with E-state index in [0.29, 0.717) is 30.3 Å². The topological polar surface area (TPSA) is 67.8 Å². The number of para-hydroxylation sites is 1. The first kappa shape index (κ1) is 13.7. The third-order valence-electron chi connectivity index (χ3n) is 3.13. The number of rotatable bonds is 4. The van der Waals surface area contributed by atoms with Crippen LogP contribution in [0.2, 0.25) is 0 Å². The summed E-state index contributed by atoms with van der Waals surface area (Å²) in [5.74, 6) is 0.969. The molecule has 0 radical (unpaired) electrons. The Kier molecular flexibility index (Phi) is 4.27. The van der Waals surface area contributed by atoms with Gasteiger partial charge in [0.05, 0.1) is 18.2 Å². The first-order chi connectivity index (χ1) is 9.13. The zero-order valence-corrected chi connectivity index (χ0v) is 11.2. The Hall–Kier alpha value is -1.75. The van der Waals surface area contributed by atoms with Crippen LogP contribution in [0.4, 0.5) is 0 Å². The van der Waals surface area contributed by atoms with Crippen LogP contribution in [0.1, 0.15) is 24.2 Å². The summed E-state index contributed by atoms with van der Waals surface area (Å²) < 4.78 is 10.9. The molecule has 104 valence electrons. The predicted octanol–water partition coefficient (Wildman–Crippen LogP) is 1.20. The van der Waals surface area contributed by atoms with Crippen LogP contribution < -0.4 is 14.8 Å². The molecule has 0 aromatic heterocycles. The molecule has 0 fully saturated rings. The highest BCUT2D eigenvalue weighted by molar-refractivity contribution is 5.98. The summed E-state index contributed by atoms with van der Waals surface area (Å²) in [5, 5.41) is 12.1. The Bertz CT molecular complexity index is 459. The summed E-state index contributed by atoms with van der Waals surface area (Å²) in [4.78, 5) is 12.2. The number of amides is 1. The number of benzene rings is 1. The first-order valence-electron chi connectivity index (χ1n) is 6.43. The van der Waals surface area contributed by atoms with Gasteiger partial charge in [-0.25, -0.2) is 0 Å². The number of hydrogen-bond donors (Lipinski definition) is 2. The largest absolute Gasteiger partial charge is 0.486 e. The highest BCUT2D eigenvalue weighted by atomic mass is 16.6. The van der Waals surface area contributed by atoms with Crippen molar-refractivity contribution in [3.63, 3.8) is 0 Å². The fraction of sp³-hybridized carbons (Fsp3) is 0.500. The summed E-state index contributed by atoms with van der Waals surface area (Å²) in [6.45, 7) is 4.73. The van der Waals surface area contributed by atoms with Crippen molar-refractivity contribution in [3.8, 4) is 11.5 Å². The van der Waals surface area contributed by atoms with Gasteiger partial charge in [-0.3, -0.25) is 4.79 Å². The molecule has 1 amide bonds. The van der Waals surface area contributed by atoms with E-state index in [1.165, 1.54) is 0 Å². The Labute approximate surface area is 112 Å². The van der Waals surface area contributed by atoms with E-state index in [9.17, 15) is 9.90 Å². The lowest BCUT2D eigenvalue weighted by Crippen LogP contribution is -2.41. The second-order valence-electron chi connectivity index (χ2n) is 4.84. The number of aliphatic hydroxyl groups excluding tert-OH is 1. The van der Waals surface area contributed by atoms with Crippen molar-refractivity contribution in [3.05, 3.63) is 23.8 Å². The Morgan fingerprint density at radius 2 is 2.11 bits per heavy atom. The highest BCUT2D eigenvalue weighted by Crippen LogP contribution is 2.33. The fourth-order valence-electron chi connectivity index (χ4n) is 1.92. The molecule has 1 atom stereocenters. The van der Waals surface area contributed by atoms with Crippen molar-refractivity contribution in [2.24, 2.45) is 5.92 Å². The fourth-order valence-corrected chi connectivity index (χ4v) is 1.92. The zero-order valence-electron chi connectivity index (χ0n) is 11.2. The average molecular weight is 265 g/mol. The third-order valence-corrected chi connectivity index (χ3v) is 3.13. The van der Waals surface area contributed by atoms with Gasteiger partial charge in [0.15, 0.2) is 11.5 Å². The molecule has 1 aromatic carbocycles. The molecule has 1 unspecified atom stereocenters. The highest BCUT2D eigenvalue weighted by Gasteiger charge is 2.23. The van der Waals surface area contributed by atoms with Crippen LogP contribution in [0.5, 0.6) is 11.5 Å². The van der Waals surface area contributed by atoms with Crippen molar-refractivity contribution in [1.29, 1.82) is 0 Å². The van der Waals surface area contributed by atoms with Crippen LogP contribution in [0.3, 0.4) is 0 Å². The van der Waals surface area contributed by atoms with Crippen LogP contribution in [-0.4, -0.2) is 36.9 Å². The van der Waals surface area contributed by atoms with Crippen LogP contribution in [-0.2, 0) is 0 Å². The Morgan fingerprint density at radius 1 is 1.37 bits per heavy atom. The van der Waals surface area contributed by atoms with Crippen LogP contribution in [0, 0.1) is 5.92 Å². The van der Waals surface area contributed by atoms with Crippen LogP contribution in [0.25, 0.3) is 0 Å². The normalized spacial score (nSPS) is 15.2. The summed E-state index contributed by atoms with van der Waals surface area (Å²) in [7, 11) is 0. The number of fused-ring (bicyclic) bond motifs is 1. The smallest absolute Gasteiger partial charge is 0.255 e. The minimum Gasteiger partial charge on any atom is -0.486 e. The molecule has 0 saturated carbocycles. The van der Waals surface area contributed by atoms with Gasteiger partial charge >= 0.3 is 0 Å². The van der Waals surface area contributed by atoms with Gasteiger partial charge in [-0.05, 0) is 18.1 Å². The maximum atomic E-state index is 12.2. The second-order valence-corrected chi connectivity index (χ2v) is 4.84. The molecule has 0 saturated heterocycles. The molecule has 19 heavy (non-hydrogen) atoms. The van der Waals surface area contributed by atoms with E-state index in [2.05, 4.69) is 5.32 Å². The number of nitrogens with one attached hydrogen (secondary N) is 1. The Balaban J connectivity index is 2.19. The number of aliphatic hydroxyl groups is 1. The zero-order chi connectivity index (χ0) is 13.8. The SMILES string of the molecule is CC(C)C(CO)NC(=O)c1cccc2c1OCCO2. The molecule has 5 nitrogen and oxygen atoms in total. The molecule has 0 bridgehead atoms. The van der Waals surface area contributed by atoms with E-state index in [1.807, 2.05) is 13.8 Å². The minimum atomic E-state index is -0.270. The van der Waals surface area contributed by atoms with E-state index in [0.717, 1.165) is 0 Å². The lowest BCUT2D eigenvalue weighted by Gasteiger charge is -2.23. The number of hydrogen-bond acceptors (Lipinski definition) is 4. The number of ether oxygens (including phenoxy) is 2. The summed E-state index contributed by atoms with van der Waals surface area (Å²) >= 11 is 0. The maximum Gasteiger partial charge on any atom is 0.255 e. The van der Waals surface area contributed by atoms with E-state index < -0.39 is 0 Å². The molecule has 1 aromatic rings. The van der Waals surface area contributed by atoms with Gasteiger partial charge in [0.2, 0.25) is 0 Å². The predicted molar refractivity (Wildman–Crippen MR) is 70.6 cm³/mol. The molecular weight excluding hydrogens is 246 g/mol. The van der Waals surface area contributed by atoms with Gasteiger partial charge in [-0.2, -0.15) is 0 Å². The minimum absolute atomic E-state index is 0.0875. The summed E-state index contributed by atoms with van der Waals surface area (Å²) in [5.41, 5.74) is 0.441. The van der Waals surface area contributed by atoms with Crippen LogP contribution in [0.15, 0.2) is 18.2 Å². The van der Waals surface area contributed by atoms with E-state index in [-0.39, 0.29) is 24.5 Å². The van der Waals surface area contributed by atoms with Crippen molar-refractivity contribution < 1.29 is 19.4 Å². The number of carbonyl (C=O) groups is 1. The maximum absolute atomic E-state index is 12.2. The molecule has 2 N–H and O–H groups in total. The second kappa shape index (κ2) is 5.93. The quantitative estimate of drug-likeness (QED) is 0.858.